The Hall–Kier alpha value is -1.29. The second-order valence-corrected chi connectivity index (χ2v) is 2.58. The van der Waals surface area contributed by atoms with Gasteiger partial charge in [0.2, 0.25) is 0 Å². The van der Waals surface area contributed by atoms with Gasteiger partial charge in [-0.05, 0) is 19.1 Å². The molecule has 0 aromatic carbocycles. The number of carbonyl (C=O) groups is 1. The molecular formula is C8H8ClNO3. The van der Waals surface area contributed by atoms with Crippen molar-refractivity contribution >= 4 is 17.6 Å². The number of hydrogen-bond donors (Lipinski definition) is 1. The quantitative estimate of drug-likeness (QED) is 0.758. The molecule has 5 heteroatoms. The first-order valence-electron chi connectivity index (χ1n) is 3.67. The van der Waals surface area contributed by atoms with E-state index < -0.39 is 5.97 Å². The highest BCUT2D eigenvalue weighted by molar-refractivity contribution is 6.31. The Morgan fingerprint density at radius 3 is 2.85 bits per heavy atom. The van der Waals surface area contributed by atoms with E-state index in [4.69, 9.17) is 21.4 Å². The van der Waals surface area contributed by atoms with E-state index >= 15 is 0 Å². The molecule has 0 fully saturated rings. The number of carboxylic acid groups (broad SMARTS) is 1. The van der Waals surface area contributed by atoms with Crippen LogP contribution in [0.2, 0.25) is 5.15 Å². The van der Waals surface area contributed by atoms with E-state index in [9.17, 15) is 4.79 Å². The largest absolute Gasteiger partial charge is 0.491 e. The number of rotatable bonds is 3. The zero-order valence-corrected chi connectivity index (χ0v) is 7.71. The number of pyridine rings is 1. The second-order valence-electron chi connectivity index (χ2n) is 2.22. The van der Waals surface area contributed by atoms with Crippen molar-refractivity contribution in [1.29, 1.82) is 0 Å². The summed E-state index contributed by atoms with van der Waals surface area (Å²) in [5.41, 5.74) is -0.0894. The Balaban J connectivity index is 2.98. The predicted octanol–water partition coefficient (Wildman–Crippen LogP) is 1.83. The molecule has 0 radical (unpaired) electrons. The van der Waals surface area contributed by atoms with Crippen LogP contribution in [0.25, 0.3) is 0 Å². The van der Waals surface area contributed by atoms with Gasteiger partial charge in [-0.15, -0.1) is 0 Å². The maximum absolute atomic E-state index is 10.5. The third-order valence-electron chi connectivity index (χ3n) is 1.33. The van der Waals surface area contributed by atoms with Crippen LogP contribution in [-0.4, -0.2) is 22.7 Å². The third-order valence-corrected chi connectivity index (χ3v) is 1.60. The van der Waals surface area contributed by atoms with Gasteiger partial charge in [0.15, 0.2) is 10.9 Å². The standard InChI is InChI=1S/C8H8ClNO3/c1-2-13-6-4-3-5(8(11)12)10-7(6)9/h3-4H,2H2,1H3,(H,11,12). The molecule has 1 rings (SSSR count). The van der Waals surface area contributed by atoms with Gasteiger partial charge in [0.25, 0.3) is 0 Å². The number of halogens is 1. The smallest absolute Gasteiger partial charge is 0.354 e. The monoisotopic (exact) mass is 201 g/mol. The summed E-state index contributed by atoms with van der Waals surface area (Å²) < 4.78 is 5.08. The fourth-order valence-corrected chi connectivity index (χ4v) is 1.01. The lowest BCUT2D eigenvalue weighted by Crippen LogP contribution is -2.01. The molecule has 0 spiro atoms. The van der Waals surface area contributed by atoms with Gasteiger partial charge in [-0.3, -0.25) is 0 Å². The Kier molecular flexibility index (Phi) is 3.08. The maximum atomic E-state index is 10.5. The maximum Gasteiger partial charge on any atom is 0.354 e. The molecule has 13 heavy (non-hydrogen) atoms. The third kappa shape index (κ3) is 2.32. The van der Waals surface area contributed by atoms with Crippen LogP contribution in [0.5, 0.6) is 5.75 Å². The van der Waals surface area contributed by atoms with Crippen LogP contribution >= 0.6 is 11.6 Å². The van der Waals surface area contributed by atoms with Crippen molar-refractivity contribution in [2.24, 2.45) is 0 Å². The summed E-state index contributed by atoms with van der Waals surface area (Å²) in [4.78, 5) is 14.1. The van der Waals surface area contributed by atoms with Crippen LogP contribution in [0.4, 0.5) is 0 Å². The molecule has 4 nitrogen and oxygen atoms in total. The fraction of sp³-hybridized carbons (Fsp3) is 0.250. The first kappa shape index (κ1) is 9.80. The first-order valence-corrected chi connectivity index (χ1v) is 4.05. The van der Waals surface area contributed by atoms with Crippen molar-refractivity contribution in [3.05, 3.63) is 23.0 Å². The number of nitrogens with zero attached hydrogens (tertiary/aromatic N) is 1. The van der Waals surface area contributed by atoms with Gasteiger partial charge in [0.1, 0.15) is 5.69 Å². The highest BCUT2D eigenvalue weighted by atomic mass is 35.5. The van der Waals surface area contributed by atoms with E-state index in [0.29, 0.717) is 12.4 Å². The minimum absolute atomic E-state index is 0.0711. The molecule has 0 aliphatic carbocycles. The molecule has 1 N–H and O–H groups in total. The molecule has 0 amide bonds. The minimum atomic E-state index is -1.11. The van der Waals surface area contributed by atoms with E-state index in [-0.39, 0.29) is 10.8 Å². The Morgan fingerprint density at radius 2 is 2.38 bits per heavy atom. The molecule has 0 unspecified atom stereocenters. The van der Waals surface area contributed by atoms with E-state index in [1.54, 1.807) is 6.92 Å². The predicted molar refractivity (Wildman–Crippen MR) is 47.4 cm³/mol. The fourth-order valence-electron chi connectivity index (χ4n) is 0.804. The van der Waals surface area contributed by atoms with Crippen LogP contribution in [-0.2, 0) is 0 Å². The van der Waals surface area contributed by atoms with Gasteiger partial charge < -0.3 is 9.84 Å². The Morgan fingerprint density at radius 1 is 1.69 bits per heavy atom. The molecule has 1 heterocycles. The topological polar surface area (TPSA) is 59.4 Å². The van der Waals surface area contributed by atoms with Gasteiger partial charge in [-0.2, -0.15) is 0 Å². The molecule has 0 atom stereocenters. The average molecular weight is 202 g/mol. The van der Waals surface area contributed by atoms with Crippen LogP contribution in [0.1, 0.15) is 17.4 Å². The van der Waals surface area contributed by atoms with Gasteiger partial charge in [-0.25, -0.2) is 9.78 Å². The molecule has 0 aliphatic heterocycles. The molecule has 0 aliphatic rings. The van der Waals surface area contributed by atoms with Crippen molar-refractivity contribution in [3.63, 3.8) is 0 Å². The Bertz CT molecular complexity index is 327. The summed E-state index contributed by atoms with van der Waals surface area (Å²) in [6.45, 7) is 2.27. The zero-order valence-electron chi connectivity index (χ0n) is 6.95. The summed E-state index contributed by atoms with van der Waals surface area (Å²) in [5, 5.41) is 8.64. The van der Waals surface area contributed by atoms with E-state index in [1.165, 1.54) is 12.1 Å². The highest BCUT2D eigenvalue weighted by Gasteiger charge is 2.08. The molecule has 0 saturated carbocycles. The summed E-state index contributed by atoms with van der Waals surface area (Å²) >= 11 is 5.65. The summed E-state index contributed by atoms with van der Waals surface area (Å²) in [6.07, 6.45) is 0. The number of aromatic carboxylic acids is 1. The molecule has 1 aromatic rings. The van der Waals surface area contributed by atoms with E-state index in [1.807, 2.05) is 0 Å². The molecule has 1 aromatic heterocycles. The van der Waals surface area contributed by atoms with Gasteiger partial charge in [-0.1, -0.05) is 11.6 Å². The SMILES string of the molecule is CCOc1ccc(C(=O)O)nc1Cl. The summed E-state index contributed by atoms with van der Waals surface area (Å²) in [5.74, 6) is -0.709. The van der Waals surface area contributed by atoms with Crippen LogP contribution in [0.3, 0.4) is 0 Å². The van der Waals surface area contributed by atoms with E-state index in [2.05, 4.69) is 4.98 Å². The summed E-state index contributed by atoms with van der Waals surface area (Å²) in [7, 11) is 0. The number of carboxylic acids is 1. The lowest BCUT2D eigenvalue weighted by Gasteiger charge is -2.04. The van der Waals surface area contributed by atoms with Crippen molar-refractivity contribution < 1.29 is 14.6 Å². The molecule has 0 saturated heterocycles. The van der Waals surface area contributed by atoms with Crippen molar-refractivity contribution in [2.75, 3.05) is 6.61 Å². The number of hydrogen-bond acceptors (Lipinski definition) is 3. The minimum Gasteiger partial charge on any atom is -0.491 e. The lowest BCUT2D eigenvalue weighted by atomic mass is 10.3. The second kappa shape index (κ2) is 4.09. The highest BCUT2D eigenvalue weighted by Crippen LogP contribution is 2.21. The number of aromatic nitrogens is 1. The first-order chi connectivity index (χ1) is 6.15. The van der Waals surface area contributed by atoms with Crippen LogP contribution in [0, 0.1) is 0 Å². The zero-order chi connectivity index (χ0) is 9.84. The number of ether oxygens (including phenoxy) is 1. The van der Waals surface area contributed by atoms with Crippen molar-refractivity contribution in [1.82, 2.24) is 4.98 Å². The van der Waals surface area contributed by atoms with Gasteiger partial charge in [0, 0.05) is 0 Å². The molecule has 0 bridgehead atoms. The molecular weight excluding hydrogens is 194 g/mol. The van der Waals surface area contributed by atoms with Crippen molar-refractivity contribution in [2.45, 2.75) is 6.92 Å². The van der Waals surface area contributed by atoms with Crippen molar-refractivity contribution in [3.8, 4) is 5.75 Å². The summed E-state index contributed by atoms with van der Waals surface area (Å²) in [6, 6.07) is 2.83. The molecule has 70 valence electrons. The van der Waals surface area contributed by atoms with Gasteiger partial charge >= 0.3 is 5.97 Å². The van der Waals surface area contributed by atoms with E-state index in [0.717, 1.165) is 0 Å². The van der Waals surface area contributed by atoms with Gasteiger partial charge in [0.05, 0.1) is 6.61 Å². The lowest BCUT2D eigenvalue weighted by molar-refractivity contribution is 0.0690. The Labute approximate surface area is 80.1 Å². The normalized spacial score (nSPS) is 9.69. The average Bonchev–Trinajstić information content (AvgIpc) is 2.08. The van der Waals surface area contributed by atoms with Crippen LogP contribution in [0.15, 0.2) is 12.1 Å². The van der Waals surface area contributed by atoms with Crippen LogP contribution < -0.4 is 4.74 Å².